The quantitative estimate of drug-likeness (QED) is 0.298. The first-order valence-corrected chi connectivity index (χ1v) is 10.7. The third-order valence-electron chi connectivity index (χ3n) is 5.84. The Hall–Kier alpha value is -4.00. The number of carbonyl (C=O) groups excluding carboxylic acids is 2. The lowest BCUT2D eigenvalue weighted by molar-refractivity contribution is -0.132. The number of amides is 1. The highest BCUT2D eigenvalue weighted by Crippen LogP contribution is 2.43. The lowest BCUT2D eigenvalue weighted by Gasteiger charge is -2.25. The maximum absolute atomic E-state index is 14.0. The van der Waals surface area contributed by atoms with E-state index in [0.717, 1.165) is 16.5 Å². The zero-order chi connectivity index (χ0) is 24.6. The number of Topliss-reactive ketones (excluding diaryl/α,β-unsaturated/α-hetero) is 1. The van der Waals surface area contributed by atoms with Gasteiger partial charge in [0.05, 0.1) is 18.7 Å². The predicted octanol–water partition coefficient (Wildman–Crippen LogP) is 5.72. The van der Waals surface area contributed by atoms with Crippen LogP contribution in [0.4, 0.5) is 14.5 Å². The van der Waals surface area contributed by atoms with Crippen LogP contribution in [0, 0.1) is 11.6 Å². The highest BCUT2D eigenvalue weighted by Gasteiger charge is 2.47. The Morgan fingerprint density at radius 3 is 2.29 bits per heavy atom. The predicted molar refractivity (Wildman–Crippen MR) is 125 cm³/mol. The van der Waals surface area contributed by atoms with Crippen molar-refractivity contribution < 1.29 is 28.2 Å². The number of benzene rings is 3. The van der Waals surface area contributed by atoms with E-state index in [4.69, 9.17) is 4.74 Å². The van der Waals surface area contributed by atoms with Crippen LogP contribution < -0.4 is 9.64 Å². The molecule has 1 saturated heterocycles. The van der Waals surface area contributed by atoms with Crippen LogP contribution in [0.1, 0.15) is 42.5 Å². The van der Waals surface area contributed by atoms with Gasteiger partial charge in [0.1, 0.15) is 23.1 Å². The Labute approximate surface area is 195 Å². The van der Waals surface area contributed by atoms with Crippen molar-refractivity contribution in [1.82, 2.24) is 0 Å². The summed E-state index contributed by atoms with van der Waals surface area (Å²) in [6.07, 6.45) is 0. The lowest BCUT2D eigenvalue weighted by Crippen LogP contribution is -2.29. The van der Waals surface area contributed by atoms with E-state index in [0.29, 0.717) is 16.9 Å². The smallest absolute Gasteiger partial charge is 0.300 e. The molecule has 3 aromatic carbocycles. The van der Waals surface area contributed by atoms with Gasteiger partial charge in [0.25, 0.3) is 11.7 Å². The van der Waals surface area contributed by atoms with Gasteiger partial charge in [-0.15, -0.1) is 0 Å². The molecule has 0 radical (unpaired) electrons. The molecule has 1 fully saturated rings. The third kappa shape index (κ3) is 4.05. The molecule has 5 nitrogen and oxygen atoms in total. The van der Waals surface area contributed by atoms with Crippen molar-refractivity contribution in [1.29, 1.82) is 0 Å². The Morgan fingerprint density at radius 2 is 1.68 bits per heavy atom. The van der Waals surface area contributed by atoms with E-state index in [9.17, 15) is 23.5 Å². The van der Waals surface area contributed by atoms with Crippen LogP contribution in [0.2, 0.25) is 0 Å². The average Bonchev–Trinajstić information content (AvgIpc) is 3.09. The first-order chi connectivity index (χ1) is 16.2. The van der Waals surface area contributed by atoms with Gasteiger partial charge in [0, 0.05) is 11.3 Å². The molecule has 0 aromatic heterocycles. The van der Waals surface area contributed by atoms with E-state index in [1.165, 1.54) is 42.5 Å². The number of halogens is 2. The molecule has 1 N–H and O–H groups in total. The van der Waals surface area contributed by atoms with Gasteiger partial charge in [-0.3, -0.25) is 14.5 Å². The molecule has 0 aliphatic carbocycles. The molecular formula is C27H23F2NO4. The minimum absolute atomic E-state index is 0.0605. The summed E-state index contributed by atoms with van der Waals surface area (Å²) in [5.41, 5.74) is 1.51. The molecule has 1 aliphatic heterocycles. The molecule has 1 amide bonds. The fourth-order valence-corrected chi connectivity index (χ4v) is 4.17. The number of carbonyl (C=O) groups is 2. The van der Waals surface area contributed by atoms with E-state index in [1.54, 1.807) is 25.3 Å². The Morgan fingerprint density at radius 1 is 0.971 bits per heavy atom. The van der Waals surface area contributed by atoms with E-state index >= 15 is 0 Å². The van der Waals surface area contributed by atoms with Crippen molar-refractivity contribution in [2.75, 3.05) is 12.0 Å². The van der Waals surface area contributed by atoms with E-state index in [1.807, 2.05) is 13.8 Å². The van der Waals surface area contributed by atoms with Gasteiger partial charge in [-0.2, -0.15) is 0 Å². The summed E-state index contributed by atoms with van der Waals surface area (Å²) in [6.45, 7) is 3.92. The topological polar surface area (TPSA) is 66.8 Å². The summed E-state index contributed by atoms with van der Waals surface area (Å²) in [6, 6.07) is 14.4. The average molecular weight is 463 g/mol. The summed E-state index contributed by atoms with van der Waals surface area (Å²) < 4.78 is 33.0. The number of ketones is 1. The van der Waals surface area contributed by atoms with Crippen molar-refractivity contribution in [2.45, 2.75) is 25.8 Å². The maximum atomic E-state index is 14.0. The summed E-state index contributed by atoms with van der Waals surface area (Å²) >= 11 is 0. The molecule has 174 valence electrons. The number of aliphatic hydroxyl groups is 1. The van der Waals surface area contributed by atoms with Crippen molar-refractivity contribution in [3.05, 3.63) is 101 Å². The van der Waals surface area contributed by atoms with Gasteiger partial charge >= 0.3 is 0 Å². The van der Waals surface area contributed by atoms with Gasteiger partial charge in [-0.25, -0.2) is 8.78 Å². The largest absolute Gasteiger partial charge is 0.507 e. The Balaban J connectivity index is 1.95. The molecule has 7 heteroatoms. The van der Waals surface area contributed by atoms with Crippen molar-refractivity contribution in [3.8, 4) is 5.75 Å². The normalized spacial score (nSPS) is 17.5. The summed E-state index contributed by atoms with van der Waals surface area (Å²) in [5, 5.41) is 11.3. The molecule has 34 heavy (non-hydrogen) atoms. The fourth-order valence-electron chi connectivity index (χ4n) is 4.17. The number of rotatable bonds is 5. The van der Waals surface area contributed by atoms with Crippen molar-refractivity contribution in [2.24, 2.45) is 0 Å². The number of methoxy groups -OCH3 is 1. The van der Waals surface area contributed by atoms with Crippen LogP contribution >= 0.6 is 0 Å². The molecule has 4 rings (SSSR count). The van der Waals surface area contributed by atoms with Crippen LogP contribution in [0.3, 0.4) is 0 Å². The first kappa shape index (κ1) is 23.2. The van der Waals surface area contributed by atoms with Crippen LogP contribution in [-0.4, -0.2) is 23.9 Å². The summed E-state index contributed by atoms with van der Waals surface area (Å²) in [5.74, 6) is -2.61. The van der Waals surface area contributed by atoms with Crippen LogP contribution in [0.15, 0.2) is 72.3 Å². The number of hydrogen-bond donors (Lipinski definition) is 1. The lowest BCUT2D eigenvalue weighted by atomic mass is 9.93. The molecule has 0 saturated carbocycles. The second-order valence-electron chi connectivity index (χ2n) is 8.31. The second-order valence-corrected chi connectivity index (χ2v) is 8.31. The van der Waals surface area contributed by atoms with E-state index < -0.39 is 29.4 Å². The molecule has 0 bridgehead atoms. The standard InChI is InChI=1S/C27H23F2NO4/c1-15(2)21-13-17(9-12-22(21)34-3)25(31)23-24(16-7-10-18(28)11-8-16)30(27(33)26(23)32)20-6-4-5-19(29)14-20/h4-15,24,31H,1-3H3/b25-23-. The molecule has 3 aromatic rings. The zero-order valence-corrected chi connectivity index (χ0v) is 18.9. The molecule has 1 heterocycles. The van der Waals surface area contributed by atoms with Crippen LogP contribution in [0.5, 0.6) is 5.75 Å². The van der Waals surface area contributed by atoms with E-state index in [2.05, 4.69) is 0 Å². The maximum Gasteiger partial charge on any atom is 0.300 e. The Kier molecular flexibility index (Phi) is 6.20. The minimum Gasteiger partial charge on any atom is -0.507 e. The van der Waals surface area contributed by atoms with Crippen LogP contribution in [0.25, 0.3) is 5.76 Å². The highest BCUT2D eigenvalue weighted by atomic mass is 19.1. The fraction of sp³-hybridized carbons (Fsp3) is 0.185. The number of hydrogen-bond acceptors (Lipinski definition) is 4. The molecule has 0 spiro atoms. The molecule has 1 unspecified atom stereocenters. The zero-order valence-electron chi connectivity index (χ0n) is 18.9. The number of aliphatic hydroxyl groups excluding tert-OH is 1. The van der Waals surface area contributed by atoms with Crippen LogP contribution in [-0.2, 0) is 9.59 Å². The van der Waals surface area contributed by atoms with Gasteiger partial charge in [0.2, 0.25) is 0 Å². The second kappa shape index (κ2) is 9.09. The van der Waals surface area contributed by atoms with Gasteiger partial charge in [0.15, 0.2) is 0 Å². The van der Waals surface area contributed by atoms with E-state index in [-0.39, 0.29) is 22.9 Å². The SMILES string of the molecule is COc1ccc(/C(O)=C2/C(=O)C(=O)N(c3cccc(F)c3)C2c2ccc(F)cc2)cc1C(C)C. The molecule has 1 atom stereocenters. The monoisotopic (exact) mass is 463 g/mol. The minimum atomic E-state index is -1.08. The molecule has 1 aliphatic rings. The summed E-state index contributed by atoms with van der Waals surface area (Å²) in [7, 11) is 1.54. The van der Waals surface area contributed by atoms with Crippen molar-refractivity contribution >= 4 is 23.1 Å². The Bertz CT molecular complexity index is 1300. The van der Waals surface area contributed by atoms with Crippen molar-refractivity contribution in [3.63, 3.8) is 0 Å². The van der Waals surface area contributed by atoms with Gasteiger partial charge in [-0.05, 0) is 65.6 Å². The number of anilines is 1. The van der Waals surface area contributed by atoms with Gasteiger partial charge < -0.3 is 9.84 Å². The first-order valence-electron chi connectivity index (χ1n) is 10.7. The van der Waals surface area contributed by atoms with Gasteiger partial charge in [-0.1, -0.05) is 32.0 Å². The number of nitrogens with zero attached hydrogens (tertiary/aromatic N) is 1. The summed E-state index contributed by atoms with van der Waals surface area (Å²) in [4.78, 5) is 27.4. The highest BCUT2D eigenvalue weighted by molar-refractivity contribution is 6.51. The molecular weight excluding hydrogens is 440 g/mol. The number of ether oxygens (including phenoxy) is 1. The third-order valence-corrected chi connectivity index (χ3v) is 5.84.